The average molecular weight is 309 g/mol. The molecule has 0 aromatic heterocycles. The van der Waals surface area contributed by atoms with Gasteiger partial charge in [0.25, 0.3) is 0 Å². The molecule has 0 saturated carbocycles. The molecule has 1 heterocycles. The maximum absolute atomic E-state index is 13.6. The molecule has 21 heavy (non-hydrogen) atoms. The van der Waals surface area contributed by atoms with Gasteiger partial charge in [0, 0.05) is 16.8 Å². The van der Waals surface area contributed by atoms with Crippen molar-refractivity contribution >= 4 is 29.0 Å². The fraction of sp³-hybridized carbons (Fsp3) is 0.0714. The maximum Gasteiger partial charge on any atom is 0.323 e. The van der Waals surface area contributed by atoms with E-state index in [1.807, 2.05) is 0 Å². The Morgan fingerprint density at radius 3 is 2.71 bits per heavy atom. The highest BCUT2D eigenvalue weighted by molar-refractivity contribution is 6.30. The number of carbonyl (C=O) groups is 1. The predicted molar refractivity (Wildman–Crippen MR) is 76.6 cm³/mol. The number of hydrogen-bond donors (Lipinski definition) is 2. The third-order valence-electron chi connectivity index (χ3n) is 2.81. The smallest absolute Gasteiger partial charge is 0.323 e. The zero-order valence-electron chi connectivity index (χ0n) is 10.7. The van der Waals surface area contributed by atoms with Crippen molar-refractivity contribution in [3.05, 3.63) is 47.2 Å². The second-order valence-corrected chi connectivity index (χ2v) is 4.71. The van der Waals surface area contributed by atoms with Gasteiger partial charge in [0.15, 0.2) is 11.5 Å². The molecule has 0 spiro atoms. The number of nitrogens with one attached hydrogen (secondary N) is 2. The standard InChI is InChI=1S/C14H10ClFN2O3/c15-8-1-3-11(10(16)5-8)18-14(19)17-9-2-4-12-13(6-9)21-7-20-12/h1-6H,7H2,(H2,17,18,19). The van der Waals surface area contributed by atoms with Crippen LogP contribution in [0.1, 0.15) is 0 Å². The molecule has 1 aliphatic heterocycles. The molecule has 7 heteroatoms. The van der Waals surface area contributed by atoms with E-state index in [0.29, 0.717) is 17.2 Å². The minimum atomic E-state index is -0.608. The molecule has 0 saturated heterocycles. The Kier molecular flexibility index (Phi) is 3.53. The fourth-order valence-electron chi connectivity index (χ4n) is 1.85. The molecule has 0 fully saturated rings. The van der Waals surface area contributed by atoms with Crippen molar-refractivity contribution in [1.29, 1.82) is 0 Å². The Labute approximate surface area is 124 Å². The highest BCUT2D eigenvalue weighted by atomic mass is 35.5. The van der Waals surface area contributed by atoms with E-state index in [2.05, 4.69) is 10.6 Å². The number of hydrogen-bond acceptors (Lipinski definition) is 3. The Morgan fingerprint density at radius 1 is 1.10 bits per heavy atom. The third-order valence-corrected chi connectivity index (χ3v) is 3.04. The van der Waals surface area contributed by atoms with Crippen LogP contribution in [0.25, 0.3) is 0 Å². The summed E-state index contributed by atoms with van der Waals surface area (Å²) in [6.07, 6.45) is 0. The van der Waals surface area contributed by atoms with Crippen molar-refractivity contribution in [2.24, 2.45) is 0 Å². The Balaban J connectivity index is 1.69. The van der Waals surface area contributed by atoms with E-state index >= 15 is 0 Å². The van der Waals surface area contributed by atoms with Crippen LogP contribution in [-0.2, 0) is 0 Å². The first-order chi connectivity index (χ1) is 10.1. The molecule has 0 bridgehead atoms. The van der Waals surface area contributed by atoms with Gasteiger partial charge in [-0.15, -0.1) is 0 Å². The number of fused-ring (bicyclic) bond motifs is 1. The molecule has 0 atom stereocenters. The van der Waals surface area contributed by atoms with Gasteiger partial charge >= 0.3 is 6.03 Å². The van der Waals surface area contributed by atoms with Crippen LogP contribution in [0.3, 0.4) is 0 Å². The molecule has 0 radical (unpaired) electrons. The molecule has 2 N–H and O–H groups in total. The van der Waals surface area contributed by atoms with Crippen LogP contribution in [0.5, 0.6) is 11.5 Å². The largest absolute Gasteiger partial charge is 0.454 e. The Hall–Kier alpha value is -2.47. The Bertz CT molecular complexity index is 709. The van der Waals surface area contributed by atoms with E-state index in [0.717, 1.165) is 6.07 Å². The van der Waals surface area contributed by atoms with Gasteiger partial charge in [-0.05, 0) is 30.3 Å². The van der Waals surface area contributed by atoms with Crippen molar-refractivity contribution < 1.29 is 18.7 Å². The number of carbonyl (C=O) groups excluding carboxylic acids is 1. The summed E-state index contributed by atoms with van der Waals surface area (Å²) in [7, 11) is 0. The molecule has 2 amide bonds. The number of rotatable bonds is 2. The van der Waals surface area contributed by atoms with Crippen molar-refractivity contribution in [1.82, 2.24) is 0 Å². The molecule has 3 rings (SSSR count). The number of benzene rings is 2. The van der Waals surface area contributed by atoms with Gasteiger partial charge in [-0.1, -0.05) is 11.6 Å². The van der Waals surface area contributed by atoms with E-state index < -0.39 is 11.8 Å². The summed E-state index contributed by atoms with van der Waals surface area (Å²) in [6, 6.07) is 8.39. The molecule has 0 aliphatic carbocycles. The first kappa shape index (κ1) is 13.5. The normalized spacial score (nSPS) is 12.1. The van der Waals surface area contributed by atoms with Crippen molar-refractivity contribution in [3.8, 4) is 11.5 Å². The summed E-state index contributed by atoms with van der Waals surface area (Å²) in [5.41, 5.74) is 0.545. The van der Waals surface area contributed by atoms with Gasteiger partial charge < -0.3 is 20.1 Å². The fourth-order valence-corrected chi connectivity index (χ4v) is 2.01. The van der Waals surface area contributed by atoms with Gasteiger partial charge in [0.2, 0.25) is 6.79 Å². The molecular weight excluding hydrogens is 299 g/mol. The number of ether oxygens (including phenoxy) is 2. The summed E-state index contributed by atoms with van der Waals surface area (Å²) in [5, 5.41) is 5.23. The highest BCUT2D eigenvalue weighted by Crippen LogP contribution is 2.34. The van der Waals surface area contributed by atoms with E-state index in [4.69, 9.17) is 21.1 Å². The van der Waals surface area contributed by atoms with Gasteiger partial charge in [-0.25, -0.2) is 9.18 Å². The topological polar surface area (TPSA) is 59.6 Å². The first-order valence-corrected chi connectivity index (χ1v) is 6.42. The Morgan fingerprint density at radius 2 is 1.90 bits per heavy atom. The van der Waals surface area contributed by atoms with E-state index in [-0.39, 0.29) is 17.5 Å². The lowest BCUT2D eigenvalue weighted by molar-refractivity contribution is 0.174. The third kappa shape index (κ3) is 3.00. The second-order valence-electron chi connectivity index (χ2n) is 4.27. The van der Waals surface area contributed by atoms with E-state index in [1.54, 1.807) is 18.2 Å². The minimum Gasteiger partial charge on any atom is -0.454 e. The van der Waals surface area contributed by atoms with Crippen LogP contribution in [0, 0.1) is 5.82 Å². The molecule has 2 aromatic rings. The summed E-state index contributed by atoms with van der Waals surface area (Å²) in [5.74, 6) is 0.554. The number of anilines is 2. The molecule has 0 unspecified atom stereocenters. The lowest BCUT2D eigenvalue weighted by Crippen LogP contribution is -2.20. The van der Waals surface area contributed by atoms with Crippen LogP contribution < -0.4 is 20.1 Å². The molecule has 1 aliphatic rings. The van der Waals surface area contributed by atoms with Crippen LogP contribution in [0.4, 0.5) is 20.6 Å². The number of amides is 2. The maximum atomic E-state index is 13.6. The van der Waals surface area contributed by atoms with Crippen LogP contribution >= 0.6 is 11.6 Å². The SMILES string of the molecule is O=C(Nc1ccc2c(c1)OCO2)Nc1ccc(Cl)cc1F. The zero-order chi connectivity index (χ0) is 14.8. The van der Waals surface area contributed by atoms with Crippen LogP contribution in [0.2, 0.25) is 5.02 Å². The molecule has 108 valence electrons. The summed E-state index contributed by atoms with van der Waals surface area (Å²) < 4.78 is 23.9. The summed E-state index contributed by atoms with van der Waals surface area (Å²) >= 11 is 5.64. The molecular formula is C14H10ClFN2O3. The van der Waals surface area contributed by atoms with Gasteiger partial charge in [-0.2, -0.15) is 0 Å². The van der Waals surface area contributed by atoms with Crippen molar-refractivity contribution in [2.45, 2.75) is 0 Å². The minimum absolute atomic E-state index is 0.0395. The van der Waals surface area contributed by atoms with Crippen molar-refractivity contribution in [2.75, 3.05) is 17.4 Å². The van der Waals surface area contributed by atoms with Crippen LogP contribution in [-0.4, -0.2) is 12.8 Å². The second kappa shape index (κ2) is 5.49. The van der Waals surface area contributed by atoms with Gasteiger partial charge in [0.1, 0.15) is 5.82 Å². The zero-order valence-corrected chi connectivity index (χ0v) is 11.4. The number of urea groups is 1. The molecule has 5 nitrogen and oxygen atoms in total. The lowest BCUT2D eigenvalue weighted by Gasteiger charge is -2.09. The van der Waals surface area contributed by atoms with E-state index in [1.165, 1.54) is 12.1 Å². The number of halogens is 2. The summed E-state index contributed by atoms with van der Waals surface area (Å²) in [6.45, 7) is 0.154. The predicted octanol–water partition coefficient (Wildman–Crippen LogP) is 3.85. The highest BCUT2D eigenvalue weighted by Gasteiger charge is 2.14. The van der Waals surface area contributed by atoms with E-state index in [9.17, 15) is 9.18 Å². The monoisotopic (exact) mass is 308 g/mol. The summed E-state index contributed by atoms with van der Waals surface area (Å²) in [4.78, 5) is 11.8. The average Bonchev–Trinajstić information content (AvgIpc) is 2.89. The lowest BCUT2D eigenvalue weighted by atomic mass is 10.3. The van der Waals surface area contributed by atoms with Gasteiger partial charge in [0.05, 0.1) is 5.69 Å². The quantitative estimate of drug-likeness (QED) is 0.886. The first-order valence-electron chi connectivity index (χ1n) is 6.04. The van der Waals surface area contributed by atoms with Crippen molar-refractivity contribution in [3.63, 3.8) is 0 Å². The van der Waals surface area contributed by atoms with Gasteiger partial charge in [-0.3, -0.25) is 0 Å². The van der Waals surface area contributed by atoms with Crippen LogP contribution in [0.15, 0.2) is 36.4 Å². The molecule has 2 aromatic carbocycles.